The lowest BCUT2D eigenvalue weighted by molar-refractivity contribution is -0.385. The number of amides is 1. The van der Waals surface area contributed by atoms with Crippen molar-refractivity contribution in [2.45, 2.75) is 25.8 Å². The Morgan fingerprint density at radius 2 is 1.84 bits per heavy atom. The van der Waals surface area contributed by atoms with Crippen LogP contribution in [0.1, 0.15) is 36.9 Å². The largest absolute Gasteiger partial charge is 0.295 e. The maximum Gasteiger partial charge on any atom is 0.275 e. The topological polar surface area (TPSA) is 75.5 Å². The van der Waals surface area contributed by atoms with Crippen LogP contribution in [0.3, 0.4) is 0 Å². The van der Waals surface area contributed by atoms with Crippen LogP contribution in [-0.4, -0.2) is 15.8 Å². The van der Waals surface area contributed by atoms with Crippen molar-refractivity contribution in [3.05, 3.63) is 81.9 Å². The van der Waals surface area contributed by atoms with Crippen LogP contribution in [0.25, 0.3) is 5.70 Å². The lowest BCUT2D eigenvalue weighted by Gasteiger charge is -2.25. The minimum absolute atomic E-state index is 0.00848. The fourth-order valence-electron chi connectivity index (χ4n) is 2.93. The van der Waals surface area contributed by atoms with Crippen LogP contribution in [0.5, 0.6) is 0 Å². The van der Waals surface area contributed by atoms with Crippen molar-refractivity contribution >= 4 is 17.3 Å². The van der Waals surface area contributed by atoms with Crippen LogP contribution in [0.15, 0.2) is 60.7 Å². The molecule has 1 amide bonds. The van der Waals surface area contributed by atoms with Gasteiger partial charge in [-0.3, -0.25) is 20.3 Å². The van der Waals surface area contributed by atoms with Gasteiger partial charge in [0.25, 0.3) is 5.69 Å². The van der Waals surface area contributed by atoms with Gasteiger partial charge in [0.05, 0.1) is 16.2 Å². The summed E-state index contributed by atoms with van der Waals surface area (Å²) in [7, 11) is 0. The highest BCUT2D eigenvalue weighted by molar-refractivity contribution is 5.81. The Balaban J connectivity index is 2.04. The van der Waals surface area contributed by atoms with E-state index in [0.29, 0.717) is 18.4 Å². The highest BCUT2D eigenvalue weighted by Gasteiger charge is 2.33. The minimum Gasteiger partial charge on any atom is -0.295 e. The predicted molar refractivity (Wildman–Crippen MR) is 95.1 cm³/mol. The first kappa shape index (κ1) is 16.7. The monoisotopic (exact) mass is 337 g/mol. The van der Waals surface area contributed by atoms with Crippen molar-refractivity contribution in [1.29, 1.82) is 0 Å². The highest BCUT2D eigenvalue weighted by Crippen LogP contribution is 2.36. The molecular weight excluding hydrogens is 318 g/mol. The second-order valence-corrected chi connectivity index (χ2v) is 5.83. The van der Waals surface area contributed by atoms with Crippen LogP contribution < -0.4 is 5.43 Å². The smallest absolute Gasteiger partial charge is 0.275 e. The van der Waals surface area contributed by atoms with Gasteiger partial charge in [-0.1, -0.05) is 49.4 Å². The maximum absolute atomic E-state index is 12.5. The molecule has 1 unspecified atom stereocenters. The fraction of sp³-hybridized carbons (Fsp3) is 0.211. The van der Waals surface area contributed by atoms with E-state index in [9.17, 15) is 14.9 Å². The van der Waals surface area contributed by atoms with Gasteiger partial charge in [0, 0.05) is 12.5 Å². The van der Waals surface area contributed by atoms with Crippen molar-refractivity contribution in [1.82, 2.24) is 10.4 Å². The Morgan fingerprint density at radius 3 is 2.52 bits per heavy atom. The first-order valence-electron chi connectivity index (χ1n) is 8.21. The average molecular weight is 337 g/mol. The molecule has 0 fully saturated rings. The molecule has 0 saturated heterocycles. The van der Waals surface area contributed by atoms with E-state index in [4.69, 9.17) is 0 Å². The van der Waals surface area contributed by atoms with Crippen molar-refractivity contribution < 1.29 is 9.72 Å². The summed E-state index contributed by atoms with van der Waals surface area (Å²) in [4.78, 5) is 23.5. The van der Waals surface area contributed by atoms with Crippen molar-refractivity contribution in [2.24, 2.45) is 0 Å². The van der Waals surface area contributed by atoms with Gasteiger partial charge in [0.15, 0.2) is 0 Å². The van der Waals surface area contributed by atoms with Crippen LogP contribution in [0, 0.1) is 10.1 Å². The molecule has 6 heteroatoms. The quantitative estimate of drug-likeness (QED) is 0.665. The summed E-state index contributed by atoms with van der Waals surface area (Å²) in [6.45, 7) is 1.93. The van der Waals surface area contributed by atoms with Gasteiger partial charge in [0.2, 0.25) is 5.91 Å². The molecule has 0 spiro atoms. The number of nitro benzene ring substituents is 1. The zero-order chi connectivity index (χ0) is 17.8. The van der Waals surface area contributed by atoms with Gasteiger partial charge >= 0.3 is 0 Å². The molecule has 2 aromatic rings. The zero-order valence-corrected chi connectivity index (χ0v) is 13.9. The third-order valence-corrected chi connectivity index (χ3v) is 4.11. The number of hydrogen-bond donors (Lipinski definition) is 1. The number of rotatable bonds is 5. The fourth-order valence-corrected chi connectivity index (χ4v) is 2.93. The van der Waals surface area contributed by atoms with Crippen LogP contribution in [0.4, 0.5) is 5.69 Å². The number of nitrogens with zero attached hydrogens (tertiary/aromatic N) is 2. The molecule has 0 bridgehead atoms. The predicted octanol–water partition coefficient (Wildman–Crippen LogP) is 3.82. The van der Waals surface area contributed by atoms with Crippen molar-refractivity contribution in [3.8, 4) is 0 Å². The van der Waals surface area contributed by atoms with Crippen LogP contribution in [0.2, 0.25) is 0 Å². The number of hydrazine groups is 1. The number of benzene rings is 2. The van der Waals surface area contributed by atoms with Crippen LogP contribution >= 0.6 is 0 Å². The summed E-state index contributed by atoms with van der Waals surface area (Å²) in [6, 6.07) is 15.6. The summed E-state index contributed by atoms with van der Waals surface area (Å²) in [5.41, 5.74) is 5.33. The highest BCUT2D eigenvalue weighted by atomic mass is 16.6. The molecule has 1 heterocycles. The first-order valence-corrected chi connectivity index (χ1v) is 8.21. The molecule has 6 nitrogen and oxygen atoms in total. The molecule has 2 aromatic carbocycles. The van der Waals surface area contributed by atoms with Gasteiger partial charge in [-0.2, -0.15) is 0 Å². The van der Waals surface area contributed by atoms with Crippen molar-refractivity contribution in [3.63, 3.8) is 0 Å². The van der Waals surface area contributed by atoms with E-state index in [0.717, 1.165) is 11.3 Å². The second-order valence-electron chi connectivity index (χ2n) is 5.83. The summed E-state index contributed by atoms with van der Waals surface area (Å²) < 4.78 is 0. The molecule has 128 valence electrons. The van der Waals surface area contributed by atoms with Gasteiger partial charge in [0.1, 0.15) is 6.04 Å². The van der Waals surface area contributed by atoms with Crippen LogP contribution in [-0.2, 0) is 4.79 Å². The molecule has 1 N–H and O–H groups in total. The average Bonchev–Trinajstić information content (AvgIpc) is 3.08. The van der Waals surface area contributed by atoms with E-state index >= 15 is 0 Å². The molecule has 25 heavy (non-hydrogen) atoms. The molecular formula is C19H19N3O3. The first-order chi connectivity index (χ1) is 12.1. The Hall–Kier alpha value is -3.15. The number of nitro groups is 1. The molecule has 0 aliphatic carbocycles. The third kappa shape index (κ3) is 3.38. The SMILES string of the molecule is CCCC(=O)N1NC(c2ccccc2)=CC1c1ccccc1[N+](=O)[O-]. The summed E-state index contributed by atoms with van der Waals surface area (Å²) in [5, 5.41) is 12.9. The Morgan fingerprint density at radius 1 is 1.16 bits per heavy atom. The van der Waals surface area contributed by atoms with E-state index in [-0.39, 0.29) is 11.6 Å². The summed E-state index contributed by atoms with van der Waals surface area (Å²) in [6.07, 6.45) is 2.95. The number of carbonyl (C=O) groups is 1. The normalized spacial score (nSPS) is 16.3. The Labute approximate surface area is 145 Å². The van der Waals surface area contributed by atoms with E-state index in [1.165, 1.54) is 11.1 Å². The maximum atomic E-state index is 12.5. The minimum atomic E-state index is -0.518. The zero-order valence-electron chi connectivity index (χ0n) is 13.9. The molecule has 0 saturated carbocycles. The molecule has 1 atom stereocenters. The third-order valence-electron chi connectivity index (χ3n) is 4.11. The van der Waals surface area contributed by atoms with E-state index in [1.54, 1.807) is 18.2 Å². The molecule has 3 rings (SSSR count). The number of nitrogens with one attached hydrogen (secondary N) is 1. The van der Waals surface area contributed by atoms with Crippen molar-refractivity contribution in [2.75, 3.05) is 0 Å². The lowest BCUT2D eigenvalue weighted by Crippen LogP contribution is -2.39. The molecule has 0 aromatic heterocycles. The number of carbonyl (C=O) groups excluding carboxylic acids is 1. The van der Waals surface area contributed by atoms with E-state index in [1.807, 2.05) is 43.3 Å². The van der Waals surface area contributed by atoms with Gasteiger partial charge < -0.3 is 0 Å². The Bertz CT molecular complexity index is 818. The van der Waals surface area contributed by atoms with E-state index < -0.39 is 11.0 Å². The molecule has 1 aliphatic heterocycles. The molecule has 1 aliphatic rings. The van der Waals surface area contributed by atoms with E-state index in [2.05, 4.69) is 5.43 Å². The van der Waals surface area contributed by atoms with Gasteiger partial charge in [-0.25, -0.2) is 5.01 Å². The number of para-hydroxylation sites is 1. The lowest BCUT2D eigenvalue weighted by atomic mass is 10.0. The second kappa shape index (κ2) is 7.17. The summed E-state index contributed by atoms with van der Waals surface area (Å²) >= 11 is 0. The van der Waals surface area contributed by atoms with Gasteiger partial charge in [-0.15, -0.1) is 0 Å². The Kier molecular flexibility index (Phi) is 4.79. The standard InChI is InChI=1S/C19H19N3O3/c1-2-8-19(23)21-18(15-11-6-7-12-17(15)22(24)25)13-16(20-21)14-9-4-3-5-10-14/h3-7,9-13,18,20H,2,8H2,1H3. The number of hydrogen-bond acceptors (Lipinski definition) is 4. The van der Waals surface area contributed by atoms with Gasteiger partial charge in [-0.05, 0) is 24.1 Å². The molecule has 0 radical (unpaired) electrons. The summed E-state index contributed by atoms with van der Waals surface area (Å²) in [5.74, 6) is -0.0900.